The predicted octanol–water partition coefficient (Wildman–Crippen LogP) is 3.38. The summed E-state index contributed by atoms with van der Waals surface area (Å²) in [5, 5.41) is 13.8. The van der Waals surface area contributed by atoms with Gasteiger partial charge in [0.05, 0.1) is 0 Å². The first-order valence-electron chi connectivity index (χ1n) is 5.30. The van der Waals surface area contributed by atoms with Crippen LogP contribution in [-0.4, -0.2) is 11.5 Å². The molecule has 0 radical (unpaired) electrons. The highest BCUT2D eigenvalue weighted by molar-refractivity contribution is 7.10. The highest BCUT2D eigenvalue weighted by Crippen LogP contribution is 2.19. The van der Waals surface area contributed by atoms with Crippen molar-refractivity contribution in [1.82, 2.24) is 4.98 Å². The predicted molar refractivity (Wildman–Crippen MR) is 73.2 cm³/mol. The molecule has 90 valence electrons. The number of oxazole rings is 1. The molecule has 0 aliphatic heterocycles. The van der Waals surface area contributed by atoms with Crippen molar-refractivity contribution >= 4 is 29.4 Å². The van der Waals surface area contributed by atoms with Gasteiger partial charge in [-0.2, -0.15) is 10.2 Å². The number of rotatable bonds is 5. The molecule has 2 aromatic rings. The van der Waals surface area contributed by atoms with E-state index >= 15 is 0 Å². The molecule has 0 atom stereocenters. The topological polar surface area (TPSA) is 61.9 Å². The third kappa shape index (κ3) is 2.87. The Morgan fingerprint density at radius 3 is 3.11 bits per heavy atom. The maximum absolute atomic E-state index is 8.92. The van der Waals surface area contributed by atoms with Crippen LogP contribution < -0.4 is 5.32 Å². The van der Waals surface area contributed by atoms with Crippen LogP contribution in [0.1, 0.15) is 16.5 Å². The lowest BCUT2D eigenvalue weighted by Gasteiger charge is -1.95. The van der Waals surface area contributed by atoms with Gasteiger partial charge in [0, 0.05) is 17.5 Å². The van der Waals surface area contributed by atoms with Gasteiger partial charge in [-0.1, -0.05) is 12.1 Å². The Morgan fingerprint density at radius 2 is 2.44 bits per heavy atom. The molecule has 0 aliphatic carbocycles. The Kier molecular flexibility index (Phi) is 3.94. The van der Waals surface area contributed by atoms with Crippen LogP contribution in [0.2, 0.25) is 0 Å². The summed E-state index contributed by atoms with van der Waals surface area (Å²) < 4.78 is 5.43. The lowest BCUT2D eigenvalue weighted by Crippen LogP contribution is -1.97. The van der Waals surface area contributed by atoms with Gasteiger partial charge in [-0.05, 0) is 17.5 Å². The molecular formula is C13H11N3OS. The minimum Gasteiger partial charge on any atom is -0.420 e. The maximum atomic E-state index is 8.92. The smallest absolute Gasteiger partial charge is 0.232 e. The van der Waals surface area contributed by atoms with Crippen molar-refractivity contribution in [3.05, 3.63) is 46.6 Å². The second kappa shape index (κ2) is 5.84. The summed E-state index contributed by atoms with van der Waals surface area (Å²) in [6.45, 7) is 4.11. The van der Waals surface area contributed by atoms with Crippen LogP contribution in [-0.2, 0) is 0 Å². The van der Waals surface area contributed by atoms with Gasteiger partial charge in [0.25, 0.3) is 0 Å². The molecule has 0 bridgehead atoms. The molecular weight excluding hydrogens is 246 g/mol. The van der Waals surface area contributed by atoms with Crippen LogP contribution >= 0.6 is 11.3 Å². The van der Waals surface area contributed by atoms with E-state index in [0.29, 0.717) is 18.3 Å². The lowest BCUT2D eigenvalue weighted by molar-refractivity contribution is 0.560. The standard InChI is InChI=1S/C13H11N3OS/c1-2-7-15-13-11(9-14)16-12(17-13)6-5-10-4-3-8-18-10/h2-6,8,15H,1,7H2. The van der Waals surface area contributed by atoms with E-state index in [2.05, 4.69) is 16.9 Å². The number of anilines is 1. The van der Waals surface area contributed by atoms with Gasteiger partial charge < -0.3 is 9.73 Å². The molecule has 0 fully saturated rings. The van der Waals surface area contributed by atoms with E-state index in [0.717, 1.165) is 4.88 Å². The zero-order chi connectivity index (χ0) is 12.8. The second-order valence-electron chi connectivity index (χ2n) is 3.36. The Bertz CT molecular complexity index is 590. The molecule has 0 aliphatic rings. The number of nitriles is 1. The Balaban J connectivity index is 2.17. The molecule has 0 unspecified atom stereocenters. The van der Waals surface area contributed by atoms with Crippen LogP contribution in [0, 0.1) is 11.3 Å². The number of hydrogen-bond donors (Lipinski definition) is 1. The van der Waals surface area contributed by atoms with Gasteiger partial charge in [0.1, 0.15) is 6.07 Å². The molecule has 4 nitrogen and oxygen atoms in total. The Hall–Kier alpha value is -2.32. The molecule has 0 amide bonds. The lowest BCUT2D eigenvalue weighted by atomic mass is 10.4. The first-order valence-corrected chi connectivity index (χ1v) is 6.18. The first-order chi connectivity index (χ1) is 8.83. The zero-order valence-electron chi connectivity index (χ0n) is 9.59. The van der Waals surface area contributed by atoms with Gasteiger partial charge in [-0.25, -0.2) is 0 Å². The van der Waals surface area contributed by atoms with E-state index in [9.17, 15) is 0 Å². The number of nitrogens with zero attached hydrogens (tertiary/aromatic N) is 2. The summed E-state index contributed by atoms with van der Waals surface area (Å²) in [6.07, 6.45) is 5.32. The second-order valence-corrected chi connectivity index (χ2v) is 4.34. The minimum atomic E-state index is 0.252. The molecule has 0 saturated heterocycles. The van der Waals surface area contributed by atoms with Crippen molar-refractivity contribution < 1.29 is 4.42 Å². The monoisotopic (exact) mass is 257 g/mol. The fourth-order valence-corrected chi connectivity index (χ4v) is 1.93. The normalized spacial score (nSPS) is 10.4. The van der Waals surface area contributed by atoms with E-state index in [4.69, 9.17) is 9.68 Å². The fourth-order valence-electron chi connectivity index (χ4n) is 1.31. The van der Waals surface area contributed by atoms with Crippen molar-refractivity contribution in [3.8, 4) is 6.07 Å². The van der Waals surface area contributed by atoms with Gasteiger partial charge in [-0.15, -0.1) is 17.9 Å². The zero-order valence-corrected chi connectivity index (χ0v) is 10.4. The van der Waals surface area contributed by atoms with E-state index in [-0.39, 0.29) is 5.69 Å². The SMILES string of the molecule is C=CCNc1oc(C=Cc2cccs2)nc1C#N. The molecule has 2 rings (SSSR count). The summed E-state index contributed by atoms with van der Waals surface area (Å²) in [5.74, 6) is 0.787. The number of hydrogen-bond acceptors (Lipinski definition) is 5. The van der Waals surface area contributed by atoms with Crippen molar-refractivity contribution in [3.63, 3.8) is 0 Å². The minimum absolute atomic E-state index is 0.252. The Labute approximate surface area is 109 Å². The van der Waals surface area contributed by atoms with E-state index in [1.165, 1.54) is 0 Å². The molecule has 5 heteroatoms. The fraction of sp³-hybridized carbons (Fsp3) is 0.0769. The summed E-state index contributed by atoms with van der Waals surface area (Å²) >= 11 is 1.62. The van der Waals surface area contributed by atoms with Crippen molar-refractivity contribution in [2.45, 2.75) is 0 Å². The molecule has 0 saturated carbocycles. The van der Waals surface area contributed by atoms with Crippen molar-refractivity contribution in [1.29, 1.82) is 5.26 Å². The summed E-state index contributed by atoms with van der Waals surface area (Å²) in [4.78, 5) is 5.18. The van der Waals surface area contributed by atoms with Gasteiger partial charge >= 0.3 is 0 Å². The van der Waals surface area contributed by atoms with E-state index in [1.807, 2.05) is 29.7 Å². The van der Waals surface area contributed by atoms with Crippen LogP contribution in [0.25, 0.3) is 12.2 Å². The van der Waals surface area contributed by atoms with Gasteiger partial charge in [0.2, 0.25) is 17.5 Å². The third-order valence-electron chi connectivity index (χ3n) is 2.09. The number of nitrogens with one attached hydrogen (secondary N) is 1. The van der Waals surface area contributed by atoms with Crippen LogP contribution in [0.4, 0.5) is 5.88 Å². The largest absolute Gasteiger partial charge is 0.420 e. The van der Waals surface area contributed by atoms with E-state index < -0.39 is 0 Å². The first kappa shape index (κ1) is 12.1. The molecule has 0 aromatic carbocycles. The summed E-state index contributed by atoms with van der Waals surface area (Å²) in [6, 6.07) is 5.95. The number of aromatic nitrogens is 1. The van der Waals surface area contributed by atoms with Gasteiger partial charge in [0.15, 0.2) is 0 Å². The average Bonchev–Trinajstić information content (AvgIpc) is 3.03. The van der Waals surface area contributed by atoms with Crippen LogP contribution in [0.15, 0.2) is 34.6 Å². The quantitative estimate of drug-likeness (QED) is 0.834. The van der Waals surface area contributed by atoms with Gasteiger partial charge in [-0.3, -0.25) is 0 Å². The molecule has 18 heavy (non-hydrogen) atoms. The maximum Gasteiger partial charge on any atom is 0.232 e. The highest BCUT2D eigenvalue weighted by atomic mass is 32.1. The molecule has 2 aromatic heterocycles. The van der Waals surface area contributed by atoms with Crippen LogP contribution in [0.5, 0.6) is 0 Å². The average molecular weight is 257 g/mol. The molecule has 1 N–H and O–H groups in total. The van der Waals surface area contributed by atoms with Crippen molar-refractivity contribution in [2.75, 3.05) is 11.9 Å². The highest BCUT2D eigenvalue weighted by Gasteiger charge is 2.09. The molecule has 0 spiro atoms. The summed E-state index contributed by atoms with van der Waals surface area (Å²) in [7, 11) is 0. The van der Waals surface area contributed by atoms with Crippen molar-refractivity contribution in [2.24, 2.45) is 0 Å². The number of thiophene rings is 1. The van der Waals surface area contributed by atoms with E-state index in [1.54, 1.807) is 23.5 Å². The third-order valence-corrected chi connectivity index (χ3v) is 2.93. The summed E-state index contributed by atoms with van der Waals surface area (Å²) in [5.41, 5.74) is 0.252. The Morgan fingerprint density at radius 1 is 1.56 bits per heavy atom. The molecule has 2 heterocycles. The van der Waals surface area contributed by atoms with Crippen LogP contribution in [0.3, 0.4) is 0 Å².